The lowest BCUT2D eigenvalue weighted by Crippen LogP contribution is -2.46. The number of benzene rings is 3. The Morgan fingerprint density at radius 3 is 2.61 bits per heavy atom. The van der Waals surface area contributed by atoms with E-state index in [4.69, 9.17) is 5.84 Å². The van der Waals surface area contributed by atoms with Crippen LogP contribution in [-0.2, 0) is 6.42 Å². The Balaban J connectivity index is 1.82. The lowest BCUT2D eigenvalue weighted by atomic mass is 9.80. The fraction of sp³-hybridized carbons (Fsp3) is 0.130. The molecule has 1 heterocycles. The number of allylic oxidation sites excluding steroid dienone is 1. The van der Waals surface area contributed by atoms with Crippen LogP contribution in [0.4, 0.5) is 0 Å². The Kier molecular flexibility index (Phi) is 3.86. The number of nitrogens with zero attached hydrogens (tertiary/aromatic N) is 3. The number of fused-ring (bicyclic) bond motifs is 3. The summed E-state index contributed by atoms with van der Waals surface area (Å²) in [5.74, 6) is 6.23. The molecule has 2 aliphatic rings. The molecule has 0 saturated heterocycles. The van der Waals surface area contributed by atoms with Crippen molar-refractivity contribution in [3.63, 3.8) is 0 Å². The van der Waals surface area contributed by atoms with Gasteiger partial charge in [-0.05, 0) is 40.3 Å². The van der Waals surface area contributed by atoms with E-state index < -0.39 is 0 Å². The Hall–Kier alpha value is -3.60. The molecule has 5 rings (SSSR count). The first-order chi connectivity index (χ1) is 13.8. The highest BCUT2D eigenvalue weighted by Gasteiger charge is 2.38. The number of nitrogens with two attached hydrogens (primary N) is 1. The second kappa shape index (κ2) is 6.53. The van der Waals surface area contributed by atoms with Gasteiger partial charge < -0.3 is 11.2 Å². The lowest BCUT2D eigenvalue weighted by molar-refractivity contribution is 0.372. The van der Waals surface area contributed by atoms with E-state index in [1.54, 1.807) is 5.01 Å². The van der Waals surface area contributed by atoms with Gasteiger partial charge in [0.25, 0.3) is 0 Å². The van der Waals surface area contributed by atoms with Crippen molar-refractivity contribution in [1.29, 1.82) is 0 Å². The van der Waals surface area contributed by atoms with Crippen molar-refractivity contribution < 1.29 is 0 Å². The molecule has 1 unspecified atom stereocenters. The molecule has 0 saturated carbocycles. The molecule has 1 aliphatic carbocycles. The largest absolute Gasteiger partial charge is 0.327 e. The quantitative estimate of drug-likeness (QED) is 0.409. The van der Waals surface area contributed by atoms with Gasteiger partial charge in [-0.25, -0.2) is 5.01 Å². The molecule has 5 heteroatoms. The van der Waals surface area contributed by atoms with Gasteiger partial charge in [-0.2, -0.15) is 5.10 Å². The third kappa shape index (κ3) is 2.40. The van der Waals surface area contributed by atoms with Gasteiger partial charge in [0.05, 0.1) is 0 Å². The van der Waals surface area contributed by atoms with Crippen molar-refractivity contribution in [3.05, 3.63) is 89.1 Å². The molecule has 1 aliphatic heterocycles. The molecule has 0 bridgehead atoms. The summed E-state index contributed by atoms with van der Waals surface area (Å²) in [4.78, 5) is 0. The van der Waals surface area contributed by atoms with Gasteiger partial charge in [0, 0.05) is 18.0 Å². The average Bonchev–Trinajstić information content (AvgIpc) is 2.77. The first kappa shape index (κ1) is 16.6. The van der Waals surface area contributed by atoms with Gasteiger partial charge in [0.2, 0.25) is 5.96 Å². The van der Waals surface area contributed by atoms with Crippen molar-refractivity contribution in [2.75, 3.05) is 0 Å². The van der Waals surface area contributed by atoms with E-state index >= 15 is 0 Å². The van der Waals surface area contributed by atoms with Gasteiger partial charge in [-0.15, -0.1) is 5.10 Å². The fourth-order valence-corrected chi connectivity index (χ4v) is 4.45. The molecule has 0 fully saturated rings. The van der Waals surface area contributed by atoms with Crippen LogP contribution in [0.25, 0.3) is 16.3 Å². The van der Waals surface area contributed by atoms with Crippen LogP contribution < -0.4 is 11.2 Å². The van der Waals surface area contributed by atoms with Gasteiger partial charge in [0.15, 0.2) is 0 Å². The third-order valence-electron chi connectivity index (χ3n) is 5.67. The normalized spacial score (nSPS) is 19.9. The zero-order valence-corrected chi connectivity index (χ0v) is 15.5. The summed E-state index contributed by atoms with van der Waals surface area (Å²) >= 11 is 0. The molecular weight excluding hydrogens is 346 g/mol. The number of hydrazone groups is 2. The van der Waals surface area contributed by atoms with Gasteiger partial charge in [-0.3, -0.25) is 0 Å². The molecule has 0 amide bonds. The van der Waals surface area contributed by atoms with E-state index in [2.05, 4.69) is 89.0 Å². The van der Waals surface area contributed by atoms with Crippen molar-refractivity contribution in [2.45, 2.75) is 18.9 Å². The van der Waals surface area contributed by atoms with Crippen LogP contribution >= 0.6 is 0 Å². The Bertz CT molecular complexity index is 1140. The van der Waals surface area contributed by atoms with Gasteiger partial charge >= 0.3 is 0 Å². The lowest BCUT2D eigenvalue weighted by Gasteiger charge is -2.40. The van der Waals surface area contributed by atoms with E-state index in [0.29, 0.717) is 5.96 Å². The Morgan fingerprint density at radius 1 is 0.964 bits per heavy atom. The molecule has 3 aromatic rings. The first-order valence-electron chi connectivity index (χ1n) is 9.41. The highest BCUT2D eigenvalue weighted by Crippen LogP contribution is 2.45. The SMILES string of the molecule is C=NN1/C(=N\N)NC2=C(c3ccccc3CC2)C1c1cccc2ccccc12. The first-order valence-corrected chi connectivity index (χ1v) is 9.41. The molecule has 5 nitrogen and oxygen atoms in total. The third-order valence-corrected chi connectivity index (χ3v) is 5.67. The minimum atomic E-state index is -0.149. The highest BCUT2D eigenvalue weighted by molar-refractivity contribution is 5.95. The van der Waals surface area contributed by atoms with Crippen LogP contribution in [0.1, 0.15) is 29.2 Å². The van der Waals surface area contributed by atoms with Crippen molar-refractivity contribution >= 4 is 29.0 Å². The van der Waals surface area contributed by atoms with Crippen LogP contribution in [0.15, 0.2) is 82.6 Å². The molecule has 3 aromatic carbocycles. The summed E-state index contributed by atoms with van der Waals surface area (Å²) in [6, 6.07) is 23.2. The zero-order chi connectivity index (χ0) is 19.1. The number of nitrogens with one attached hydrogen (secondary N) is 1. The zero-order valence-electron chi connectivity index (χ0n) is 15.5. The minimum absolute atomic E-state index is 0.149. The van der Waals surface area contributed by atoms with Crippen LogP contribution in [-0.4, -0.2) is 17.7 Å². The monoisotopic (exact) mass is 367 g/mol. The van der Waals surface area contributed by atoms with E-state index in [-0.39, 0.29) is 6.04 Å². The second-order valence-corrected chi connectivity index (χ2v) is 7.08. The number of hydrogen-bond donors (Lipinski definition) is 2. The number of guanidine groups is 1. The molecule has 1 atom stereocenters. The fourth-order valence-electron chi connectivity index (χ4n) is 4.45. The standard InChI is InChI=1S/C23H21N5/c1-25-28-22(19-12-6-9-15-7-2-4-10-17(15)19)21-18-11-5-3-8-16(18)13-14-20(21)26-23(28)27-24/h2-12,22H,1,13-14,24H2,(H,26,27). The predicted molar refractivity (Wildman–Crippen MR) is 115 cm³/mol. The summed E-state index contributed by atoms with van der Waals surface area (Å²) < 4.78 is 0. The van der Waals surface area contributed by atoms with E-state index in [0.717, 1.165) is 24.1 Å². The van der Waals surface area contributed by atoms with Crippen LogP contribution in [0.5, 0.6) is 0 Å². The maximum absolute atomic E-state index is 5.71. The summed E-state index contributed by atoms with van der Waals surface area (Å²) in [5.41, 5.74) is 6.14. The summed E-state index contributed by atoms with van der Waals surface area (Å²) in [6.07, 6.45) is 1.90. The van der Waals surface area contributed by atoms with Gasteiger partial charge in [-0.1, -0.05) is 66.7 Å². The highest BCUT2D eigenvalue weighted by atomic mass is 15.6. The summed E-state index contributed by atoms with van der Waals surface area (Å²) in [7, 11) is 0. The average molecular weight is 367 g/mol. The summed E-state index contributed by atoms with van der Waals surface area (Å²) in [5, 5.41) is 15.8. The number of aryl methyl sites for hydroxylation is 1. The van der Waals surface area contributed by atoms with Crippen LogP contribution in [0.3, 0.4) is 0 Å². The molecule has 138 valence electrons. The summed E-state index contributed by atoms with van der Waals surface area (Å²) in [6.45, 7) is 3.81. The molecule has 28 heavy (non-hydrogen) atoms. The molecule has 3 N–H and O–H groups in total. The minimum Gasteiger partial charge on any atom is -0.327 e. The maximum Gasteiger partial charge on any atom is 0.241 e. The molecule has 0 radical (unpaired) electrons. The second-order valence-electron chi connectivity index (χ2n) is 7.08. The topological polar surface area (TPSA) is 66.0 Å². The van der Waals surface area contributed by atoms with E-state index in [9.17, 15) is 0 Å². The smallest absolute Gasteiger partial charge is 0.241 e. The van der Waals surface area contributed by atoms with Crippen LogP contribution in [0, 0.1) is 0 Å². The van der Waals surface area contributed by atoms with Crippen molar-refractivity contribution in [1.82, 2.24) is 10.3 Å². The van der Waals surface area contributed by atoms with Crippen molar-refractivity contribution in [2.24, 2.45) is 16.0 Å². The molecular formula is C23H21N5. The number of rotatable bonds is 2. The number of hydrogen-bond acceptors (Lipinski definition) is 3. The van der Waals surface area contributed by atoms with E-state index in [1.165, 1.54) is 27.5 Å². The van der Waals surface area contributed by atoms with Crippen molar-refractivity contribution in [3.8, 4) is 0 Å². The Morgan fingerprint density at radius 2 is 1.75 bits per heavy atom. The molecule has 0 spiro atoms. The maximum atomic E-state index is 5.71. The predicted octanol–water partition coefficient (Wildman–Crippen LogP) is 3.99. The van der Waals surface area contributed by atoms with Crippen LogP contribution in [0.2, 0.25) is 0 Å². The molecule has 0 aromatic heterocycles. The Labute approximate surface area is 163 Å². The van der Waals surface area contributed by atoms with E-state index in [1.807, 2.05) is 0 Å². The van der Waals surface area contributed by atoms with Gasteiger partial charge in [0.1, 0.15) is 6.04 Å².